The van der Waals surface area contributed by atoms with Gasteiger partial charge in [0.1, 0.15) is 5.82 Å². The molecule has 0 saturated heterocycles. The Kier molecular flexibility index (Phi) is 3.23. The van der Waals surface area contributed by atoms with Gasteiger partial charge in [0, 0.05) is 12.7 Å². The number of hydrogen-bond acceptors (Lipinski definition) is 4. The Hall–Kier alpha value is -2.43. The second-order valence-electron chi connectivity index (χ2n) is 4.05. The smallest absolute Gasteiger partial charge is 0.278 e. The second kappa shape index (κ2) is 4.83. The van der Waals surface area contributed by atoms with Crippen LogP contribution in [0.3, 0.4) is 0 Å². The van der Waals surface area contributed by atoms with E-state index in [2.05, 4.69) is 10.2 Å². The van der Waals surface area contributed by atoms with Gasteiger partial charge in [-0.1, -0.05) is 12.1 Å². The van der Waals surface area contributed by atoms with E-state index in [9.17, 15) is 4.79 Å². The highest BCUT2D eigenvalue weighted by Crippen LogP contribution is 2.16. The number of nitrogen functional groups attached to an aromatic ring is 1. The van der Waals surface area contributed by atoms with Gasteiger partial charge in [0.05, 0.1) is 0 Å². The van der Waals surface area contributed by atoms with Gasteiger partial charge in [0.15, 0.2) is 5.69 Å². The Morgan fingerprint density at radius 1 is 1.22 bits per heavy atom. The van der Waals surface area contributed by atoms with E-state index < -0.39 is 0 Å². The molecule has 5 nitrogen and oxygen atoms in total. The molecule has 18 heavy (non-hydrogen) atoms. The summed E-state index contributed by atoms with van der Waals surface area (Å²) in [5, 5.41) is 7.46. The van der Waals surface area contributed by atoms with Crippen LogP contribution in [0.1, 0.15) is 16.1 Å². The fourth-order valence-electron chi connectivity index (χ4n) is 1.58. The topological polar surface area (TPSA) is 72.1 Å². The molecule has 0 saturated carbocycles. The Balaban J connectivity index is 2.26. The highest BCUT2D eigenvalue weighted by molar-refractivity contribution is 6.04. The number of anilines is 2. The predicted octanol–water partition coefficient (Wildman–Crippen LogP) is 1.64. The van der Waals surface area contributed by atoms with E-state index in [0.717, 1.165) is 11.3 Å². The van der Waals surface area contributed by atoms with E-state index in [1.807, 2.05) is 31.2 Å². The quantitative estimate of drug-likeness (QED) is 0.869. The normalized spacial score (nSPS) is 10.1. The molecule has 1 aromatic carbocycles. The molecule has 0 aliphatic rings. The van der Waals surface area contributed by atoms with E-state index in [1.165, 1.54) is 4.90 Å². The summed E-state index contributed by atoms with van der Waals surface area (Å²) in [4.78, 5) is 13.7. The van der Waals surface area contributed by atoms with Crippen LogP contribution in [0.15, 0.2) is 36.4 Å². The molecule has 92 valence electrons. The minimum Gasteiger partial charge on any atom is -0.382 e. The predicted molar refractivity (Wildman–Crippen MR) is 70.4 cm³/mol. The number of hydrogen-bond donors (Lipinski definition) is 1. The van der Waals surface area contributed by atoms with E-state index in [1.54, 1.807) is 19.2 Å². The first-order chi connectivity index (χ1) is 8.58. The first-order valence-corrected chi connectivity index (χ1v) is 5.52. The molecule has 0 unspecified atom stereocenters. The second-order valence-corrected chi connectivity index (χ2v) is 4.05. The zero-order valence-electron chi connectivity index (χ0n) is 10.3. The Bertz CT molecular complexity index is 565. The van der Waals surface area contributed by atoms with E-state index in [4.69, 9.17) is 5.73 Å². The van der Waals surface area contributed by atoms with Crippen molar-refractivity contribution in [2.24, 2.45) is 0 Å². The molecule has 0 radical (unpaired) electrons. The van der Waals surface area contributed by atoms with Crippen molar-refractivity contribution in [3.63, 3.8) is 0 Å². The van der Waals surface area contributed by atoms with Crippen LogP contribution in [0.5, 0.6) is 0 Å². The maximum atomic E-state index is 12.2. The highest BCUT2D eigenvalue weighted by Gasteiger charge is 2.15. The third kappa shape index (κ3) is 2.45. The zero-order valence-corrected chi connectivity index (χ0v) is 10.3. The van der Waals surface area contributed by atoms with Gasteiger partial charge in [0.2, 0.25) is 0 Å². The third-order valence-electron chi connectivity index (χ3n) is 2.60. The molecule has 2 aromatic rings. The van der Waals surface area contributed by atoms with Crippen LogP contribution < -0.4 is 10.6 Å². The zero-order chi connectivity index (χ0) is 13.1. The number of aromatic nitrogens is 2. The lowest BCUT2D eigenvalue weighted by Crippen LogP contribution is -2.27. The Labute approximate surface area is 105 Å². The number of carbonyl (C=O) groups is 1. The molecule has 0 aliphatic heterocycles. The number of aryl methyl sites for hydroxylation is 1. The largest absolute Gasteiger partial charge is 0.382 e. The van der Waals surface area contributed by atoms with Crippen molar-refractivity contribution < 1.29 is 4.79 Å². The van der Waals surface area contributed by atoms with Gasteiger partial charge in [0.25, 0.3) is 5.91 Å². The SMILES string of the molecule is Cc1cccc(N(C)C(=O)c2ccc(N)nn2)c1. The summed E-state index contributed by atoms with van der Waals surface area (Å²) in [7, 11) is 1.70. The maximum absolute atomic E-state index is 12.2. The number of carbonyl (C=O) groups excluding carboxylic acids is 1. The first kappa shape index (κ1) is 12.0. The van der Waals surface area contributed by atoms with Crippen molar-refractivity contribution in [1.29, 1.82) is 0 Å². The van der Waals surface area contributed by atoms with Crippen molar-refractivity contribution in [3.05, 3.63) is 47.7 Å². The lowest BCUT2D eigenvalue weighted by molar-refractivity contribution is 0.0987. The Morgan fingerprint density at radius 3 is 2.61 bits per heavy atom. The summed E-state index contributed by atoms with van der Waals surface area (Å²) in [6.07, 6.45) is 0. The fraction of sp³-hybridized carbons (Fsp3) is 0.154. The molecule has 1 aromatic heterocycles. The molecule has 0 spiro atoms. The monoisotopic (exact) mass is 242 g/mol. The van der Waals surface area contributed by atoms with Crippen LogP contribution in [0, 0.1) is 6.92 Å². The standard InChI is InChI=1S/C13H14N4O/c1-9-4-3-5-10(8-9)17(2)13(18)11-6-7-12(14)16-15-11/h3-8H,1-2H3,(H2,14,16). The molecule has 0 atom stereocenters. The van der Waals surface area contributed by atoms with Crippen molar-refractivity contribution in [2.75, 3.05) is 17.7 Å². The fourth-order valence-corrected chi connectivity index (χ4v) is 1.58. The molecule has 0 bridgehead atoms. The summed E-state index contributed by atoms with van der Waals surface area (Å²) in [5.41, 5.74) is 7.62. The number of nitrogens with two attached hydrogens (primary N) is 1. The minimum atomic E-state index is -0.215. The summed E-state index contributed by atoms with van der Waals surface area (Å²) in [6, 6.07) is 10.8. The van der Waals surface area contributed by atoms with E-state index in [-0.39, 0.29) is 11.6 Å². The molecule has 2 rings (SSSR count). The molecule has 1 amide bonds. The highest BCUT2D eigenvalue weighted by atomic mass is 16.2. The number of amides is 1. The minimum absolute atomic E-state index is 0.215. The van der Waals surface area contributed by atoms with E-state index >= 15 is 0 Å². The maximum Gasteiger partial charge on any atom is 0.278 e. The van der Waals surface area contributed by atoms with Crippen LogP contribution in [-0.4, -0.2) is 23.2 Å². The van der Waals surface area contributed by atoms with Gasteiger partial charge >= 0.3 is 0 Å². The van der Waals surface area contributed by atoms with Gasteiger partial charge < -0.3 is 10.6 Å². The van der Waals surface area contributed by atoms with Crippen molar-refractivity contribution in [1.82, 2.24) is 10.2 Å². The third-order valence-corrected chi connectivity index (χ3v) is 2.60. The van der Waals surface area contributed by atoms with Crippen LogP contribution in [0.2, 0.25) is 0 Å². The van der Waals surface area contributed by atoms with Crippen LogP contribution in [0.4, 0.5) is 11.5 Å². The van der Waals surface area contributed by atoms with Gasteiger partial charge in [-0.15, -0.1) is 10.2 Å². The molecule has 5 heteroatoms. The summed E-state index contributed by atoms with van der Waals surface area (Å²) in [5.74, 6) is 0.0814. The summed E-state index contributed by atoms with van der Waals surface area (Å²) < 4.78 is 0. The molecular formula is C13H14N4O. The lowest BCUT2D eigenvalue weighted by atomic mass is 10.2. The summed E-state index contributed by atoms with van der Waals surface area (Å²) >= 11 is 0. The number of benzene rings is 1. The van der Waals surface area contributed by atoms with Gasteiger partial charge in [-0.05, 0) is 36.8 Å². The number of rotatable bonds is 2. The van der Waals surface area contributed by atoms with E-state index in [0.29, 0.717) is 5.82 Å². The van der Waals surface area contributed by atoms with Gasteiger partial charge in [-0.3, -0.25) is 4.79 Å². The van der Waals surface area contributed by atoms with Gasteiger partial charge in [-0.2, -0.15) is 0 Å². The van der Waals surface area contributed by atoms with Crippen LogP contribution in [0.25, 0.3) is 0 Å². The van der Waals surface area contributed by atoms with Gasteiger partial charge in [-0.25, -0.2) is 0 Å². The molecule has 2 N–H and O–H groups in total. The lowest BCUT2D eigenvalue weighted by Gasteiger charge is -2.17. The average Bonchev–Trinajstić information content (AvgIpc) is 2.38. The van der Waals surface area contributed by atoms with Crippen LogP contribution in [-0.2, 0) is 0 Å². The molecule has 0 aliphatic carbocycles. The Morgan fingerprint density at radius 2 is 2.00 bits per heavy atom. The number of nitrogens with zero attached hydrogens (tertiary/aromatic N) is 3. The van der Waals surface area contributed by atoms with Crippen LogP contribution >= 0.6 is 0 Å². The summed E-state index contributed by atoms with van der Waals surface area (Å²) in [6.45, 7) is 1.98. The molecular weight excluding hydrogens is 228 g/mol. The van der Waals surface area contributed by atoms with Crippen molar-refractivity contribution in [3.8, 4) is 0 Å². The molecule has 1 heterocycles. The first-order valence-electron chi connectivity index (χ1n) is 5.52. The van der Waals surface area contributed by atoms with Crippen molar-refractivity contribution >= 4 is 17.4 Å². The van der Waals surface area contributed by atoms with Crippen molar-refractivity contribution in [2.45, 2.75) is 6.92 Å². The molecule has 0 fully saturated rings. The average molecular weight is 242 g/mol.